The highest BCUT2D eigenvalue weighted by Crippen LogP contribution is 2.21. The van der Waals surface area contributed by atoms with Gasteiger partial charge >= 0.3 is 0 Å². The standard InChI is InChI=1S/C22H26N4O3S/c1-15(2)29-19-8-4-16(5-9-19)12-13-23-20(27)14-26-21(24-25-22(26)30)17-6-10-18(28-3)11-7-17/h4-11,15H,12-14H2,1-3H3,(H,23,27)(H,25,30). The Hall–Kier alpha value is -3.13. The zero-order chi connectivity index (χ0) is 21.5. The van der Waals surface area contributed by atoms with Crippen molar-refractivity contribution in [2.45, 2.75) is 32.9 Å². The van der Waals surface area contributed by atoms with Crippen LogP contribution in [0.4, 0.5) is 0 Å². The molecule has 0 bridgehead atoms. The molecule has 158 valence electrons. The normalized spacial score (nSPS) is 10.8. The van der Waals surface area contributed by atoms with Gasteiger partial charge in [0.15, 0.2) is 10.6 Å². The third-order valence-corrected chi connectivity index (χ3v) is 4.75. The van der Waals surface area contributed by atoms with Crippen LogP contribution < -0.4 is 14.8 Å². The number of methoxy groups -OCH3 is 1. The molecular weight excluding hydrogens is 400 g/mol. The van der Waals surface area contributed by atoms with E-state index in [0.29, 0.717) is 17.1 Å². The molecule has 0 aliphatic carbocycles. The summed E-state index contributed by atoms with van der Waals surface area (Å²) in [6.45, 7) is 4.62. The highest BCUT2D eigenvalue weighted by Gasteiger charge is 2.12. The van der Waals surface area contributed by atoms with Gasteiger partial charge in [-0.05, 0) is 74.4 Å². The van der Waals surface area contributed by atoms with E-state index >= 15 is 0 Å². The van der Waals surface area contributed by atoms with E-state index in [9.17, 15) is 4.79 Å². The molecule has 3 rings (SSSR count). The summed E-state index contributed by atoms with van der Waals surface area (Å²) in [7, 11) is 1.61. The van der Waals surface area contributed by atoms with Crippen LogP contribution in [0, 0.1) is 4.77 Å². The first kappa shape index (κ1) is 21.6. The van der Waals surface area contributed by atoms with E-state index in [2.05, 4.69) is 15.5 Å². The molecule has 7 nitrogen and oxygen atoms in total. The van der Waals surface area contributed by atoms with E-state index in [-0.39, 0.29) is 18.6 Å². The van der Waals surface area contributed by atoms with Crippen LogP contribution in [-0.2, 0) is 17.8 Å². The van der Waals surface area contributed by atoms with Gasteiger partial charge in [-0.15, -0.1) is 0 Å². The fourth-order valence-corrected chi connectivity index (χ4v) is 3.17. The van der Waals surface area contributed by atoms with Crippen LogP contribution in [0.1, 0.15) is 19.4 Å². The number of benzene rings is 2. The highest BCUT2D eigenvalue weighted by molar-refractivity contribution is 7.71. The van der Waals surface area contributed by atoms with Gasteiger partial charge in [-0.3, -0.25) is 14.5 Å². The van der Waals surface area contributed by atoms with Crippen molar-refractivity contribution in [3.63, 3.8) is 0 Å². The molecule has 0 aliphatic heterocycles. The van der Waals surface area contributed by atoms with Crippen LogP contribution in [0.5, 0.6) is 11.5 Å². The Balaban J connectivity index is 1.56. The van der Waals surface area contributed by atoms with Crippen molar-refractivity contribution in [2.24, 2.45) is 0 Å². The van der Waals surface area contributed by atoms with Gasteiger partial charge in [0.25, 0.3) is 0 Å². The Morgan fingerprint density at radius 3 is 2.43 bits per heavy atom. The Kier molecular flexibility index (Phi) is 7.24. The molecule has 0 radical (unpaired) electrons. The fraction of sp³-hybridized carbons (Fsp3) is 0.318. The van der Waals surface area contributed by atoms with Crippen molar-refractivity contribution < 1.29 is 14.3 Å². The van der Waals surface area contributed by atoms with Crippen molar-refractivity contribution in [2.75, 3.05) is 13.7 Å². The summed E-state index contributed by atoms with van der Waals surface area (Å²) in [6.07, 6.45) is 0.878. The van der Waals surface area contributed by atoms with Gasteiger partial charge in [-0.2, -0.15) is 5.10 Å². The van der Waals surface area contributed by atoms with Gasteiger partial charge in [-0.25, -0.2) is 0 Å². The zero-order valence-electron chi connectivity index (χ0n) is 17.3. The smallest absolute Gasteiger partial charge is 0.240 e. The van der Waals surface area contributed by atoms with Crippen molar-refractivity contribution in [3.8, 4) is 22.9 Å². The Bertz CT molecular complexity index is 1020. The number of aromatic nitrogens is 3. The largest absolute Gasteiger partial charge is 0.497 e. The number of nitrogens with zero attached hydrogens (tertiary/aromatic N) is 2. The second-order valence-corrected chi connectivity index (χ2v) is 7.46. The second-order valence-electron chi connectivity index (χ2n) is 7.08. The van der Waals surface area contributed by atoms with Crippen molar-refractivity contribution in [3.05, 3.63) is 58.9 Å². The van der Waals surface area contributed by atoms with E-state index in [1.807, 2.05) is 62.4 Å². The monoisotopic (exact) mass is 426 g/mol. The van der Waals surface area contributed by atoms with E-state index in [4.69, 9.17) is 21.7 Å². The average molecular weight is 427 g/mol. The lowest BCUT2D eigenvalue weighted by Gasteiger charge is -2.11. The second kappa shape index (κ2) is 10.1. The van der Waals surface area contributed by atoms with Gasteiger partial charge < -0.3 is 14.8 Å². The molecule has 2 aromatic carbocycles. The number of nitrogens with one attached hydrogen (secondary N) is 2. The molecular formula is C22H26N4O3S. The number of hydrogen-bond acceptors (Lipinski definition) is 5. The molecule has 0 saturated heterocycles. The number of carbonyl (C=O) groups excluding carboxylic acids is 1. The van der Waals surface area contributed by atoms with E-state index in [1.165, 1.54) is 0 Å². The molecule has 0 saturated carbocycles. The Morgan fingerprint density at radius 2 is 1.80 bits per heavy atom. The summed E-state index contributed by atoms with van der Waals surface area (Å²) in [4.78, 5) is 12.5. The van der Waals surface area contributed by atoms with Crippen LogP contribution in [0.15, 0.2) is 48.5 Å². The first-order chi connectivity index (χ1) is 14.5. The zero-order valence-corrected chi connectivity index (χ0v) is 18.2. The summed E-state index contributed by atoms with van der Waals surface area (Å²) in [6, 6.07) is 15.4. The van der Waals surface area contributed by atoms with Crippen LogP contribution in [0.3, 0.4) is 0 Å². The number of amides is 1. The molecule has 0 aliphatic rings. The first-order valence-electron chi connectivity index (χ1n) is 9.78. The van der Waals surface area contributed by atoms with Gasteiger partial charge in [0.1, 0.15) is 18.0 Å². The molecule has 1 amide bonds. The molecule has 0 fully saturated rings. The number of ether oxygens (including phenoxy) is 2. The van der Waals surface area contributed by atoms with Crippen molar-refractivity contribution >= 4 is 18.1 Å². The molecule has 30 heavy (non-hydrogen) atoms. The van der Waals surface area contributed by atoms with E-state index in [1.54, 1.807) is 11.7 Å². The molecule has 1 aromatic heterocycles. The molecule has 1 heterocycles. The molecule has 0 spiro atoms. The Labute approximate surface area is 181 Å². The summed E-state index contributed by atoms with van der Waals surface area (Å²) in [5, 5.41) is 9.97. The van der Waals surface area contributed by atoms with Crippen molar-refractivity contribution in [1.29, 1.82) is 0 Å². The van der Waals surface area contributed by atoms with Crippen LogP contribution in [0.25, 0.3) is 11.4 Å². The minimum atomic E-state index is -0.123. The lowest BCUT2D eigenvalue weighted by Crippen LogP contribution is -2.29. The third-order valence-electron chi connectivity index (χ3n) is 4.44. The highest BCUT2D eigenvalue weighted by atomic mass is 32.1. The number of hydrogen-bond donors (Lipinski definition) is 2. The lowest BCUT2D eigenvalue weighted by atomic mass is 10.1. The third kappa shape index (κ3) is 5.70. The summed E-state index contributed by atoms with van der Waals surface area (Å²) < 4.78 is 12.9. The average Bonchev–Trinajstić information content (AvgIpc) is 3.09. The molecule has 2 N–H and O–H groups in total. The number of carbonyl (C=O) groups is 1. The topological polar surface area (TPSA) is 81.2 Å². The SMILES string of the molecule is COc1ccc(-c2n[nH]c(=S)n2CC(=O)NCCc2ccc(OC(C)C)cc2)cc1. The molecule has 0 unspecified atom stereocenters. The van der Waals surface area contributed by atoms with Crippen LogP contribution >= 0.6 is 12.2 Å². The van der Waals surface area contributed by atoms with Gasteiger partial charge in [0.05, 0.1) is 13.2 Å². The Morgan fingerprint density at radius 1 is 1.13 bits per heavy atom. The van der Waals surface area contributed by atoms with Gasteiger partial charge in [0, 0.05) is 12.1 Å². The number of H-pyrrole nitrogens is 1. The predicted octanol–water partition coefficient (Wildman–Crippen LogP) is 3.76. The first-order valence-corrected chi connectivity index (χ1v) is 10.2. The maximum absolute atomic E-state index is 12.5. The quantitative estimate of drug-likeness (QED) is 0.509. The fourth-order valence-electron chi connectivity index (χ4n) is 2.98. The van der Waals surface area contributed by atoms with E-state index in [0.717, 1.165) is 29.0 Å². The molecule has 0 atom stereocenters. The summed E-state index contributed by atoms with van der Waals surface area (Å²) in [5.41, 5.74) is 1.98. The maximum atomic E-state index is 12.5. The predicted molar refractivity (Wildman–Crippen MR) is 118 cm³/mol. The minimum absolute atomic E-state index is 0.0951. The van der Waals surface area contributed by atoms with Gasteiger partial charge in [0.2, 0.25) is 5.91 Å². The molecule has 8 heteroatoms. The lowest BCUT2D eigenvalue weighted by molar-refractivity contribution is -0.121. The molecule has 3 aromatic rings. The number of aromatic amines is 1. The maximum Gasteiger partial charge on any atom is 0.240 e. The van der Waals surface area contributed by atoms with Crippen LogP contribution in [0.2, 0.25) is 0 Å². The number of rotatable bonds is 9. The van der Waals surface area contributed by atoms with Crippen LogP contribution in [-0.4, -0.2) is 40.4 Å². The van der Waals surface area contributed by atoms with E-state index < -0.39 is 0 Å². The minimum Gasteiger partial charge on any atom is -0.497 e. The summed E-state index contributed by atoms with van der Waals surface area (Å²) in [5.74, 6) is 2.08. The van der Waals surface area contributed by atoms with Crippen molar-refractivity contribution in [1.82, 2.24) is 20.1 Å². The van der Waals surface area contributed by atoms with Gasteiger partial charge in [-0.1, -0.05) is 12.1 Å². The summed E-state index contributed by atoms with van der Waals surface area (Å²) >= 11 is 5.30.